The van der Waals surface area contributed by atoms with Crippen LogP contribution in [0.15, 0.2) is 0 Å². The summed E-state index contributed by atoms with van der Waals surface area (Å²) in [6, 6.07) is 0. The molecule has 0 aliphatic carbocycles. The van der Waals surface area contributed by atoms with E-state index in [9.17, 15) is 9.90 Å². The molecule has 2 N–H and O–H groups in total. The van der Waals surface area contributed by atoms with Crippen LogP contribution in [-0.2, 0) is 4.79 Å². The van der Waals surface area contributed by atoms with Gasteiger partial charge in [0.1, 0.15) is 0 Å². The van der Waals surface area contributed by atoms with Crippen molar-refractivity contribution < 1.29 is 15.0 Å². The third-order valence-corrected chi connectivity index (χ3v) is 4.32. The molecule has 0 spiro atoms. The Morgan fingerprint density at radius 1 is 0.727 bits per heavy atom. The Labute approximate surface area is 137 Å². The fourth-order valence-electron chi connectivity index (χ4n) is 2.84. The first kappa shape index (κ1) is 21.4. The molecule has 132 valence electrons. The molecule has 0 aliphatic rings. The lowest BCUT2D eigenvalue weighted by Gasteiger charge is -2.10. The van der Waals surface area contributed by atoms with Gasteiger partial charge in [0.25, 0.3) is 0 Å². The fraction of sp³-hybridized carbons (Fsp3) is 0.947. The van der Waals surface area contributed by atoms with Gasteiger partial charge in [-0.3, -0.25) is 4.79 Å². The van der Waals surface area contributed by atoms with E-state index in [0.29, 0.717) is 0 Å². The molecule has 0 fully saturated rings. The Hall–Kier alpha value is -0.570. The second-order valence-corrected chi connectivity index (χ2v) is 6.62. The summed E-state index contributed by atoms with van der Waals surface area (Å²) in [5.41, 5.74) is 0. The van der Waals surface area contributed by atoms with Gasteiger partial charge >= 0.3 is 5.97 Å². The van der Waals surface area contributed by atoms with Gasteiger partial charge in [-0.1, -0.05) is 84.0 Å². The van der Waals surface area contributed by atoms with E-state index in [4.69, 9.17) is 5.11 Å². The zero-order valence-corrected chi connectivity index (χ0v) is 14.7. The molecule has 22 heavy (non-hydrogen) atoms. The van der Waals surface area contributed by atoms with E-state index < -0.39 is 5.97 Å². The Morgan fingerprint density at radius 2 is 1.14 bits per heavy atom. The van der Waals surface area contributed by atoms with Gasteiger partial charge in [-0.25, -0.2) is 0 Å². The molecule has 0 aromatic heterocycles. The minimum atomic E-state index is -0.717. The highest BCUT2D eigenvalue weighted by molar-refractivity contribution is 5.66. The number of aliphatic hydroxyl groups excluding tert-OH is 1. The molecule has 0 rings (SSSR count). The molecule has 0 aliphatic heterocycles. The summed E-state index contributed by atoms with van der Waals surface area (Å²) in [6.45, 7) is 2.25. The molecule has 0 aromatic carbocycles. The minimum Gasteiger partial charge on any atom is -0.481 e. The molecule has 0 aromatic rings. The fourth-order valence-corrected chi connectivity index (χ4v) is 2.84. The van der Waals surface area contributed by atoms with Crippen LogP contribution in [0, 0.1) is 0 Å². The standard InChI is InChI=1S/C19H38O3/c1-2-3-4-5-6-7-8-9-10-12-15-18(20)16-13-11-14-17-19(21)22/h18,20H,2-17H2,1H3,(H,21,22). The first-order valence-corrected chi connectivity index (χ1v) is 9.56. The Kier molecular flexibility index (Phi) is 16.4. The molecule has 1 unspecified atom stereocenters. The Morgan fingerprint density at radius 3 is 1.59 bits per heavy atom. The lowest BCUT2D eigenvalue weighted by molar-refractivity contribution is -0.137. The number of hydrogen-bond acceptors (Lipinski definition) is 2. The van der Waals surface area contributed by atoms with Crippen molar-refractivity contribution in [3.05, 3.63) is 0 Å². The van der Waals surface area contributed by atoms with Gasteiger partial charge in [0.2, 0.25) is 0 Å². The quantitative estimate of drug-likeness (QED) is 0.339. The van der Waals surface area contributed by atoms with Crippen molar-refractivity contribution in [1.82, 2.24) is 0 Å². The van der Waals surface area contributed by atoms with Crippen molar-refractivity contribution in [2.24, 2.45) is 0 Å². The van der Waals surface area contributed by atoms with Gasteiger partial charge in [0, 0.05) is 6.42 Å². The zero-order chi connectivity index (χ0) is 16.5. The zero-order valence-electron chi connectivity index (χ0n) is 14.7. The number of carboxylic acids is 1. The number of unbranched alkanes of at least 4 members (excludes halogenated alkanes) is 11. The molecule has 0 amide bonds. The minimum absolute atomic E-state index is 0.182. The van der Waals surface area contributed by atoms with E-state index >= 15 is 0 Å². The summed E-state index contributed by atoms with van der Waals surface area (Å²) in [4.78, 5) is 10.4. The van der Waals surface area contributed by atoms with E-state index in [1.54, 1.807) is 0 Å². The van der Waals surface area contributed by atoms with Crippen LogP contribution < -0.4 is 0 Å². The highest BCUT2D eigenvalue weighted by atomic mass is 16.4. The Bertz CT molecular complexity index is 241. The second-order valence-electron chi connectivity index (χ2n) is 6.62. The van der Waals surface area contributed by atoms with Crippen molar-refractivity contribution in [3.8, 4) is 0 Å². The topological polar surface area (TPSA) is 57.5 Å². The monoisotopic (exact) mass is 314 g/mol. The average Bonchev–Trinajstić information content (AvgIpc) is 2.48. The van der Waals surface area contributed by atoms with Crippen LogP contribution in [0.2, 0.25) is 0 Å². The largest absolute Gasteiger partial charge is 0.481 e. The Balaban J connectivity index is 3.15. The molecule has 1 atom stereocenters. The molecule has 0 bridgehead atoms. The lowest BCUT2D eigenvalue weighted by atomic mass is 10.0. The first-order valence-electron chi connectivity index (χ1n) is 9.56. The summed E-state index contributed by atoms with van der Waals surface area (Å²) in [5, 5.41) is 18.4. The number of carboxylic acid groups (broad SMARTS) is 1. The maximum atomic E-state index is 10.4. The highest BCUT2D eigenvalue weighted by Crippen LogP contribution is 2.14. The predicted octanol–water partition coefficient (Wildman–Crippen LogP) is 5.69. The first-order chi connectivity index (χ1) is 10.7. The summed E-state index contributed by atoms with van der Waals surface area (Å²) in [5.74, 6) is -0.717. The van der Waals surface area contributed by atoms with Gasteiger partial charge in [-0.15, -0.1) is 0 Å². The highest BCUT2D eigenvalue weighted by Gasteiger charge is 2.04. The van der Waals surface area contributed by atoms with E-state index in [-0.39, 0.29) is 12.5 Å². The van der Waals surface area contributed by atoms with Crippen molar-refractivity contribution in [1.29, 1.82) is 0 Å². The third-order valence-electron chi connectivity index (χ3n) is 4.32. The molecule has 0 radical (unpaired) electrons. The van der Waals surface area contributed by atoms with Crippen LogP contribution >= 0.6 is 0 Å². The van der Waals surface area contributed by atoms with Crippen molar-refractivity contribution in [3.63, 3.8) is 0 Å². The number of aliphatic hydroxyl groups is 1. The second kappa shape index (κ2) is 16.8. The summed E-state index contributed by atoms with van der Waals surface area (Å²) in [6.07, 6.45) is 17.7. The smallest absolute Gasteiger partial charge is 0.303 e. The molecular weight excluding hydrogens is 276 g/mol. The summed E-state index contributed by atoms with van der Waals surface area (Å²) in [7, 11) is 0. The SMILES string of the molecule is CCCCCCCCCCCCC(O)CCCCCC(=O)O. The van der Waals surface area contributed by atoms with Crippen LogP contribution in [0.5, 0.6) is 0 Å². The number of carbonyl (C=O) groups is 1. The molecular formula is C19H38O3. The van der Waals surface area contributed by atoms with E-state index in [1.807, 2.05) is 0 Å². The van der Waals surface area contributed by atoms with Gasteiger partial charge in [0.05, 0.1) is 6.10 Å². The van der Waals surface area contributed by atoms with Crippen LogP contribution in [0.25, 0.3) is 0 Å². The van der Waals surface area contributed by atoms with Crippen molar-refractivity contribution in [2.75, 3.05) is 0 Å². The van der Waals surface area contributed by atoms with Crippen LogP contribution in [-0.4, -0.2) is 22.3 Å². The number of aliphatic carboxylic acids is 1. The maximum absolute atomic E-state index is 10.4. The van der Waals surface area contributed by atoms with Gasteiger partial charge in [0.15, 0.2) is 0 Å². The van der Waals surface area contributed by atoms with Gasteiger partial charge in [-0.2, -0.15) is 0 Å². The van der Waals surface area contributed by atoms with Crippen LogP contribution in [0.1, 0.15) is 110 Å². The number of rotatable bonds is 17. The van der Waals surface area contributed by atoms with Crippen molar-refractivity contribution in [2.45, 2.75) is 116 Å². The van der Waals surface area contributed by atoms with Crippen LogP contribution in [0.3, 0.4) is 0 Å². The molecule has 0 saturated heterocycles. The van der Waals surface area contributed by atoms with E-state index in [0.717, 1.165) is 38.5 Å². The average molecular weight is 315 g/mol. The molecule has 0 saturated carbocycles. The van der Waals surface area contributed by atoms with Crippen LogP contribution in [0.4, 0.5) is 0 Å². The van der Waals surface area contributed by atoms with Gasteiger partial charge in [-0.05, 0) is 19.3 Å². The third kappa shape index (κ3) is 17.5. The molecule has 0 heterocycles. The number of hydrogen-bond donors (Lipinski definition) is 2. The van der Waals surface area contributed by atoms with E-state index in [1.165, 1.54) is 57.8 Å². The maximum Gasteiger partial charge on any atom is 0.303 e. The summed E-state index contributed by atoms with van der Waals surface area (Å²) < 4.78 is 0. The normalized spacial score (nSPS) is 12.5. The van der Waals surface area contributed by atoms with E-state index in [2.05, 4.69) is 6.92 Å². The predicted molar refractivity (Wildman–Crippen MR) is 93.2 cm³/mol. The molecule has 3 heteroatoms. The molecule has 3 nitrogen and oxygen atoms in total. The summed E-state index contributed by atoms with van der Waals surface area (Å²) >= 11 is 0. The van der Waals surface area contributed by atoms with Gasteiger partial charge < -0.3 is 10.2 Å². The van der Waals surface area contributed by atoms with Crippen molar-refractivity contribution >= 4 is 5.97 Å². The lowest BCUT2D eigenvalue weighted by Crippen LogP contribution is -2.06.